The fourth-order valence-electron chi connectivity index (χ4n) is 1.15. The second kappa shape index (κ2) is 4.78. The Kier molecular flexibility index (Phi) is 3.45. The Morgan fingerprint density at radius 3 is 2.26 bits per heavy atom. The van der Waals surface area contributed by atoms with Gasteiger partial charge in [-0.25, -0.2) is 8.42 Å². The van der Waals surface area contributed by atoms with Crippen molar-refractivity contribution in [1.29, 1.82) is 0 Å². The quantitative estimate of drug-likeness (QED) is 0.944. The maximum atomic E-state index is 12.3. The number of alkyl halides is 3. The third-order valence-corrected chi connectivity index (χ3v) is 4.31. The van der Waals surface area contributed by atoms with E-state index in [0.717, 1.165) is 0 Å². The molecule has 0 spiro atoms. The number of nitrogens with zero attached hydrogens (tertiary/aromatic N) is 2. The van der Waals surface area contributed by atoms with Crippen LogP contribution in [0.1, 0.15) is 5.01 Å². The average Bonchev–Trinajstić information content (AvgIpc) is 2.78. The monoisotopic (exact) mass is 309 g/mol. The van der Waals surface area contributed by atoms with E-state index in [1.807, 2.05) is 4.72 Å². The molecule has 0 aliphatic carbocycles. The van der Waals surface area contributed by atoms with E-state index < -0.39 is 26.3 Å². The number of hydrogen-bond donors (Lipinski definition) is 1. The highest BCUT2D eigenvalue weighted by Crippen LogP contribution is 2.33. The van der Waals surface area contributed by atoms with Crippen LogP contribution in [0.2, 0.25) is 0 Å². The van der Waals surface area contributed by atoms with Crippen LogP contribution in [-0.4, -0.2) is 18.6 Å². The number of aromatic nitrogens is 2. The lowest BCUT2D eigenvalue weighted by Crippen LogP contribution is -2.12. The number of halogens is 3. The lowest BCUT2D eigenvalue weighted by molar-refractivity contribution is -0.138. The minimum atomic E-state index is -4.64. The first-order valence-electron chi connectivity index (χ1n) is 4.77. The zero-order valence-electron chi connectivity index (χ0n) is 9.05. The molecule has 5 nitrogen and oxygen atoms in total. The highest BCUT2D eigenvalue weighted by Gasteiger charge is 2.36. The summed E-state index contributed by atoms with van der Waals surface area (Å²) < 4.78 is 62.4. The van der Waals surface area contributed by atoms with Gasteiger partial charge in [-0.05, 0) is 12.1 Å². The van der Waals surface area contributed by atoms with Gasteiger partial charge in [-0.1, -0.05) is 29.5 Å². The molecule has 0 saturated heterocycles. The Labute approximate surface area is 110 Å². The fraction of sp³-hybridized carbons (Fsp3) is 0.111. The Morgan fingerprint density at radius 2 is 1.74 bits per heavy atom. The summed E-state index contributed by atoms with van der Waals surface area (Å²) in [5.74, 6) is 0. The average molecular weight is 309 g/mol. The van der Waals surface area contributed by atoms with Gasteiger partial charge in [-0.2, -0.15) is 13.2 Å². The SMILES string of the molecule is O=S(=O)(Nc1nnc(C(F)(F)F)s1)c1ccccc1. The molecule has 2 aromatic rings. The summed E-state index contributed by atoms with van der Waals surface area (Å²) in [5.41, 5.74) is 0. The molecule has 0 aliphatic heterocycles. The van der Waals surface area contributed by atoms with Crippen LogP contribution in [0.25, 0.3) is 0 Å². The lowest BCUT2D eigenvalue weighted by Gasteiger charge is -2.03. The van der Waals surface area contributed by atoms with Gasteiger partial charge in [-0.3, -0.25) is 4.72 Å². The van der Waals surface area contributed by atoms with Crippen molar-refractivity contribution in [3.63, 3.8) is 0 Å². The highest BCUT2D eigenvalue weighted by atomic mass is 32.2. The first-order chi connectivity index (χ1) is 8.79. The van der Waals surface area contributed by atoms with Crippen molar-refractivity contribution < 1.29 is 21.6 Å². The molecule has 0 fully saturated rings. The third kappa shape index (κ3) is 3.20. The summed E-state index contributed by atoms with van der Waals surface area (Å²) >= 11 is 0.124. The van der Waals surface area contributed by atoms with Gasteiger partial charge in [0.15, 0.2) is 0 Å². The van der Waals surface area contributed by atoms with E-state index in [9.17, 15) is 21.6 Å². The molecular formula is C9H6F3N3O2S2. The molecule has 1 N–H and O–H groups in total. The summed E-state index contributed by atoms with van der Waals surface area (Å²) in [6.07, 6.45) is -4.64. The van der Waals surface area contributed by atoms with Crippen molar-refractivity contribution in [1.82, 2.24) is 10.2 Å². The first-order valence-corrected chi connectivity index (χ1v) is 7.07. The van der Waals surface area contributed by atoms with Crippen LogP contribution in [0.4, 0.5) is 18.3 Å². The van der Waals surface area contributed by atoms with E-state index >= 15 is 0 Å². The molecule has 2 rings (SSSR count). The van der Waals surface area contributed by atoms with Gasteiger partial charge >= 0.3 is 6.18 Å². The molecule has 102 valence electrons. The van der Waals surface area contributed by atoms with Gasteiger partial charge in [0.05, 0.1) is 4.90 Å². The third-order valence-electron chi connectivity index (χ3n) is 1.94. The van der Waals surface area contributed by atoms with Crippen LogP contribution in [-0.2, 0) is 16.2 Å². The van der Waals surface area contributed by atoms with Crippen molar-refractivity contribution in [3.8, 4) is 0 Å². The summed E-state index contributed by atoms with van der Waals surface area (Å²) in [6.45, 7) is 0. The Balaban J connectivity index is 2.25. The predicted molar refractivity (Wildman–Crippen MR) is 62.2 cm³/mol. The number of hydrogen-bond acceptors (Lipinski definition) is 5. The van der Waals surface area contributed by atoms with Gasteiger partial charge < -0.3 is 0 Å². The van der Waals surface area contributed by atoms with E-state index in [1.165, 1.54) is 24.3 Å². The lowest BCUT2D eigenvalue weighted by atomic mass is 10.4. The van der Waals surface area contributed by atoms with Gasteiger partial charge in [0.25, 0.3) is 10.0 Å². The molecule has 1 heterocycles. The number of benzene rings is 1. The molecule has 10 heteroatoms. The first kappa shape index (κ1) is 13.7. The molecule has 0 amide bonds. The second-order valence-corrected chi connectivity index (χ2v) is 5.99. The van der Waals surface area contributed by atoms with Crippen molar-refractivity contribution in [2.75, 3.05) is 4.72 Å². The van der Waals surface area contributed by atoms with Crippen molar-refractivity contribution in [3.05, 3.63) is 35.3 Å². The number of anilines is 1. The molecular weight excluding hydrogens is 303 g/mol. The summed E-state index contributed by atoms with van der Waals surface area (Å²) in [4.78, 5) is -0.0706. The number of rotatable bonds is 3. The summed E-state index contributed by atoms with van der Waals surface area (Å²) in [7, 11) is -3.95. The molecule has 0 bridgehead atoms. The minimum absolute atomic E-state index is 0.0706. The molecule has 1 aromatic heterocycles. The van der Waals surface area contributed by atoms with Crippen LogP contribution in [0.5, 0.6) is 0 Å². The maximum Gasteiger partial charge on any atom is 0.445 e. The van der Waals surface area contributed by atoms with Gasteiger partial charge in [0, 0.05) is 0 Å². The van der Waals surface area contributed by atoms with E-state index in [0.29, 0.717) is 0 Å². The second-order valence-electron chi connectivity index (χ2n) is 3.33. The normalized spacial score (nSPS) is 12.4. The number of nitrogens with one attached hydrogen (secondary N) is 1. The van der Waals surface area contributed by atoms with Crippen LogP contribution in [0.15, 0.2) is 35.2 Å². The Morgan fingerprint density at radius 1 is 1.11 bits per heavy atom. The Bertz CT molecular complexity index is 668. The molecule has 0 atom stereocenters. The van der Waals surface area contributed by atoms with Crippen LogP contribution >= 0.6 is 11.3 Å². The van der Waals surface area contributed by atoms with E-state index in [1.54, 1.807) is 6.07 Å². The molecule has 19 heavy (non-hydrogen) atoms. The zero-order chi connectivity index (χ0) is 14.1. The molecule has 0 radical (unpaired) electrons. The summed E-state index contributed by atoms with van der Waals surface area (Å²) in [6, 6.07) is 7.24. The van der Waals surface area contributed by atoms with Gasteiger partial charge in [0.1, 0.15) is 0 Å². The van der Waals surface area contributed by atoms with Crippen LogP contribution in [0, 0.1) is 0 Å². The maximum absolute atomic E-state index is 12.3. The molecule has 0 saturated carbocycles. The zero-order valence-corrected chi connectivity index (χ0v) is 10.7. The van der Waals surface area contributed by atoms with E-state index in [-0.39, 0.29) is 16.2 Å². The largest absolute Gasteiger partial charge is 0.445 e. The topological polar surface area (TPSA) is 72.0 Å². The Hall–Kier alpha value is -1.68. The summed E-state index contributed by atoms with van der Waals surface area (Å²) in [5, 5.41) is 4.39. The minimum Gasteiger partial charge on any atom is -0.253 e. The smallest absolute Gasteiger partial charge is 0.253 e. The van der Waals surface area contributed by atoms with Crippen molar-refractivity contribution >= 4 is 26.5 Å². The van der Waals surface area contributed by atoms with Gasteiger partial charge in [-0.15, -0.1) is 10.2 Å². The van der Waals surface area contributed by atoms with Crippen LogP contribution < -0.4 is 4.72 Å². The standard InChI is InChI=1S/C9H6F3N3O2S2/c10-9(11,12)7-13-14-8(18-7)15-19(16,17)6-4-2-1-3-5-6/h1-5H,(H,14,15). The van der Waals surface area contributed by atoms with Crippen molar-refractivity contribution in [2.24, 2.45) is 0 Å². The molecule has 0 unspecified atom stereocenters. The van der Waals surface area contributed by atoms with Crippen molar-refractivity contribution in [2.45, 2.75) is 11.1 Å². The van der Waals surface area contributed by atoms with Crippen LogP contribution in [0.3, 0.4) is 0 Å². The predicted octanol–water partition coefficient (Wildman–Crippen LogP) is 2.36. The van der Waals surface area contributed by atoms with E-state index in [4.69, 9.17) is 0 Å². The number of sulfonamides is 1. The van der Waals surface area contributed by atoms with Gasteiger partial charge in [0.2, 0.25) is 10.1 Å². The van der Waals surface area contributed by atoms with E-state index in [2.05, 4.69) is 10.2 Å². The fourth-order valence-corrected chi connectivity index (χ4v) is 3.01. The highest BCUT2D eigenvalue weighted by molar-refractivity contribution is 7.93. The molecule has 0 aliphatic rings. The molecule has 1 aromatic carbocycles.